The third kappa shape index (κ3) is 7.35. The summed E-state index contributed by atoms with van der Waals surface area (Å²) >= 11 is 0. The number of nitrogens with one attached hydrogen (secondary N) is 2. The lowest BCUT2D eigenvalue weighted by Crippen LogP contribution is -2.52. The highest BCUT2D eigenvalue weighted by Crippen LogP contribution is 2.24. The lowest BCUT2D eigenvalue weighted by molar-refractivity contribution is -0.00684. The zero-order chi connectivity index (χ0) is 20.5. The summed E-state index contributed by atoms with van der Waals surface area (Å²) in [5, 5.41) is 7.06. The number of hydrogen-bond donors (Lipinski definition) is 2. The normalized spacial score (nSPS) is 19.9. The summed E-state index contributed by atoms with van der Waals surface area (Å²) < 4.78 is 5.51. The summed E-state index contributed by atoms with van der Waals surface area (Å²) in [4.78, 5) is 10.0. The van der Waals surface area contributed by atoms with Crippen molar-refractivity contribution in [1.82, 2.24) is 20.4 Å². The van der Waals surface area contributed by atoms with Crippen LogP contribution in [0.2, 0.25) is 0 Å². The van der Waals surface area contributed by atoms with E-state index in [-0.39, 0.29) is 29.5 Å². The second kappa shape index (κ2) is 12.8. The van der Waals surface area contributed by atoms with E-state index in [9.17, 15) is 0 Å². The van der Waals surface area contributed by atoms with Crippen molar-refractivity contribution in [1.29, 1.82) is 0 Å². The summed E-state index contributed by atoms with van der Waals surface area (Å²) in [5.41, 5.74) is 1.41. The van der Waals surface area contributed by atoms with Crippen molar-refractivity contribution in [2.45, 2.75) is 45.2 Å². The van der Waals surface area contributed by atoms with E-state index in [0.29, 0.717) is 6.04 Å². The van der Waals surface area contributed by atoms with Gasteiger partial charge in [-0.25, -0.2) is 0 Å². The molecule has 2 heterocycles. The fourth-order valence-corrected chi connectivity index (χ4v) is 4.26. The molecule has 0 bridgehead atoms. The smallest absolute Gasteiger partial charge is 0.191 e. The Labute approximate surface area is 199 Å². The molecule has 2 aliphatic heterocycles. The Morgan fingerprint density at radius 2 is 1.73 bits per heavy atom. The van der Waals surface area contributed by atoms with Gasteiger partial charge in [-0.15, -0.1) is 24.0 Å². The van der Waals surface area contributed by atoms with Crippen LogP contribution in [0.1, 0.15) is 45.2 Å². The summed E-state index contributed by atoms with van der Waals surface area (Å²) in [5.74, 6) is 0.911. The van der Waals surface area contributed by atoms with Crippen molar-refractivity contribution < 1.29 is 4.74 Å². The molecule has 7 heteroatoms. The van der Waals surface area contributed by atoms with Crippen LogP contribution >= 0.6 is 24.0 Å². The Balaban J connectivity index is 0.00000320. The molecule has 0 saturated carbocycles. The quantitative estimate of drug-likeness (QED) is 0.308. The molecule has 1 unspecified atom stereocenters. The molecule has 3 rings (SSSR count). The first-order valence-corrected chi connectivity index (χ1v) is 11.2. The predicted octanol–water partition coefficient (Wildman–Crippen LogP) is 3.11. The van der Waals surface area contributed by atoms with Gasteiger partial charge in [-0.2, -0.15) is 0 Å². The highest BCUT2D eigenvalue weighted by molar-refractivity contribution is 14.0. The third-order valence-electron chi connectivity index (χ3n) is 6.06. The zero-order valence-corrected chi connectivity index (χ0v) is 21.2. The van der Waals surface area contributed by atoms with Gasteiger partial charge in [-0.1, -0.05) is 30.3 Å². The maximum absolute atomic E-state index is 5.51. The molecule has 0 amide bonds. The van der Waals surface area contributed by atoms with Crippen molar-refractivity contribution in [3.8, 4) is 0 Å². The van der Waals surface area contributed by atoms with Gasteiger partial charge in [0.2, 0.25) is 0 Å². The molecule has 1 aromatic rings. The van der Waals surface area contributed by atoms with Crippen LogP contribution in [0.5, 0.6) is 0 Å². The second-order valence-electron chi connectivity index (χ2n) is 8.66. The molecule has 1 aromatic carbocycles. The average Bonchev–Trinajstić information content (AvgIpc) is 3.28. The number of rotatable bonds is 8. The van der Waals surface area contributed by atoms with Crippen LogP contribution in [-0.4, -0.2) is 80.3 Å². The van der Waals surface area contributed by atoms with Gasteiger partial charge in [0.25, 0.3) is 0 Å². The molecule has 6 nitrogen and oxygen atoms in total. The van der Waals surface area contributed by atoms with E-state index < -0.39 is 0 Å². The van der Waals surface area contributed by atoms with E-state index in [2.05, 4.69) is 71.5 Å². The van der Waals surface area contributed by atoms with Crippen LogP contribution < -0.4 is 10.6 Å². The number of benzene rings is 1. The van der Waals surface area contributed by atoms with Gasteiger partial charge in [0.15, 0.2) is 5.96 Å². The van der Waals surface area contributed by atoms with Crippen LogP contribution in [0.25, 0.3) is 0 Å². The Hall–Kier alpha value is -0.900. The molecular weight excluding hydrogens is 489 g/mol. The molecule has 0 aliphatic carbocycles. The van der Waals surface area contributed by atoms with Crippen molar-refractivity contribution in [2.75, 3.05) is 59.0 Å². The molecular formula is C23H40IN5O. The summed E-state index contributed by atoms with van der Waals surface area (Å²) in [6.07, 6.45) is 2.59. The summed E-state index contributed by atoms with van der Waals surface area (Å²) in [7, 11) is 0. The largest absolute Gasteiger partial charge is 0.379 e. The van der Waals surface area contributed by atoms with E-state index in [4.69, 9.17) is 9.73 Å². The maximum Gasteiger partial charge on any atom is 0.191 e. The molecule has 0 spiro atoms. The Morgan fingerprint density at radius 1 is 1.07 bits per heavy atom. The third-order valence-corrected chi connectivity index (χ3v) is 6.06. The number of aliphatic imine (C=N–C) groups is 1. The van der Waals surface area contributed by atoms with E-state index in [0.717, 1.165) is 51.9 Å². The first-order chi connectivity index (χ1) is 14.1. The Kier molecular flexibility index (Phi) is 10.8. The van der Waals surface area contributed by atoms with Gasteiger partial charge < -0.3 is 15.4 Å². The predicted molar refractivity (Wildman–Crippen MR) is 136 cm³/mol. The molecule has 1 atom stereocenters. The topological polar surface area (TPSA) is 52.1 Å². The number of hydrogen-bond acceptors (Lipinski definition) is 4. The van der Waals surface area contributed by atoms with E-state index in [1.54, 1.807) is 0 Å². The second-order valence-corrected chi connectivity index (χ2v) is 8.66. The van der Waals surface area contributed by atoms with Crippen LogP contribution in [0, 0.1) is 0 Å². The lowest BCUT2D eigenvalue weighted by Gasteiger charge is -2.40. The summed E-state index contributed by atoms with van der Waals surface area (Å²) in [6.45, 7) is 15.1. The number of nitrogens with zero attached hydrogens (tertiary/aromatic N) is 3. The van der Waals surface area contributed by atoms with Crippen molar-refractivity contribution in [2.24, 2.45) is 4.99 Å². The van der Waals surface area contributed by atoms with Crippen molar-refractivity contribution in [3.63, 3.8) is 0 Å². The number of likely N-dealkylation sites (tertiary alicyclic amines) is 1. The minimum absolute atomic E-state index is 0. The van der Waals surface area contributed by atoms with Gasteiger partial charge in [0, 0.05) is 31.7 Å². The van der Waals surface area contributed by atoms with Gasteiger partial charge in [-0.05, 0) is 52.3 Å². The molecule has 2 fully saturated rings. The molecule has 30 heavy (non-hydrogen) atoms. The van der Waals surface area contributed by atoms with Crippen molar-refractivity contribution in [3.05, 3.63) is 35.9 Å². The standard InChI is InChI=1S/C23H39N5O.HI/c1-4-24-22(26-19-23(2,3)28-14-16-29-17-15-28)25-18-21(27-12-8-9-13-27)20-10-6-5-7-11-20;/h5-7,10-11,21H,4,8-9,12-19H2,1-3H3,(H2,24,25,26);1H. The number of halogens is 1. The zero-order valence-electron chi connectivity index (χ0n) is 18.9. The number of ether oxygens (including phenoxy) is 1. The fraction of sp³-hybridized carbons (Fsp3) is 0.696. The van der Waals surface area contributed by atoms with Gasteiger partial charge in [-0.3, -0.25) is 14.8 Å². The van der Waals surface area contributed by atoms with Gasteiger partial charge in [0.05, 0.1) is 25.8 Å². The Bertz CT molecular complexity index is 628. The van der Waals surface area contributed by atoms with E-state index >= 15 is 0 Å². The lowest BCUT2D eigenvalue weighted by atomic mass is 10.0. The molecule has 2 aliphatic rings. The van der Waals surface area contributed by atoms with Crippen molar-refractivity contribution >= 4 is 29.9 Å². The highest BCUT2D eigenvalue weighted by Gasteiger charge is 2.28. The monoisotopic (exact) mass is 529 g/mol. The van der Waals surface area contributed by atoms with Crippen LogP contribution in [0.3, 0.4) is 0 Å². The van der Waals surface area contributed by atoms with Crippen LogP contribution in [0.15, 0.2) is 35.3 Å². The SMILES string of the molecule is CCNC(=NCC(C)(C)N1CCOCC1)NCC(c1ccccc1)N1CCCC1.I. The molecule has 0 radical (unpaired) electrons. The maximum atomic E-state index is 5.51. The molecule has 170 valence electrons. The molecule has 2 saturated heterocycles. The van der Waals surface area contributed by atoms with Crippen LogP contribution in [0.4, 0.5) is 0 Å². The van der Waals surface area contributed by atoms with Gasteiger partial charge >= 0.3 is 0 Å². The van der Waals surface area contributed by atoms with Crippen LogP contribution in [-0.2, 0) is 4.74 Å². The highest BCUT2D eigenvalue weighted by atomic mass is 127. The minimum atomic E-state index is 0. The first-order valence-electron chi connectivity index (χ1n) is 11.2. The molecule has 2 N–H and O–H groups in total. The fourth-order valence-electron chi connectivity index (χ4n) is 4.26. The summed E-state index contributed by atoms with van der Waals surface area (Å²) in [6, 6.07) is 11.3. The first kappa shape index (κ1) is 25.4. The molecule has 0 aromatic heterocycles. The number of morpholine rings is 1. The van der Waals surface area contributed by atoms with Gasteiger partial charge in [0.1, 0.15) is 0 Å². The average molecular weight is 530 g/mol. The van der Waals surface area contributed by atoms with E-state index in [1.807, 2.05) is 0 Å². The van der Waals surface area contributed by atoms with E-state index in [1.165, 1.54) is 31.5 Å². The Morgan fingerprint density at radius 3 is 2.37 bits per heavy atom. The number of guanidine groups is 1. The minimum Gasteiger partial charge on any atom is -0.379 e.